The van der Waals surface area contributed by atoms with Crippen molar-refractivity contribution >= 4 is 5.91 Å². The van der Waals surface area contributed by atoms with E-state index in [-0.39, 0.29) is 18.1 Å². The topological polar surface area (TPSA) is 52.6 Å². The first-order valence-electron chi connectivity index (χ1n) is 6.35. The van der Waals surface area contributed by atoms with E-state index in [1.807, 2.05) is 11.9 Å². The van der Waals surface area contributed by atoms with Gasteiger partial charge in [0.25, 0.3) is 0 Å². The molecule has 16 heavy (non-hydrogen) atoms. The van der Waals surface area contributed by atoms with Gasteiger partial charge in [0.2, 0.25) is 5.91 Å². The average molecular weight is 226 g/mol. The molecule has 1 saturated carbocycles. The second-order valence-electron chi connectivity index (χ2n) is 5.10. The first-order valence-corrected chi connectivity index (χ1v) is 6.35. The molecule has 0 aromatic heterocycles. The molecule has 2 fully saturated rings. The molecular weight excluding hydrogens is 204 g/mol. The number of hydrogen-bond acceptors (Lipinski definition) is 3. The van der Waals surface area contributed by atoms with E-state index in [1.54, 1.807) is 0 Å². The lowest BCUT2D eigenvalue weighted by Crippen LogP contribution is -2.50. The van der Waals surface area contributed by atoms with Gasteiger partial charge in [-0.3, -0.25) is 4.79 Å². The predicted molar refractivity (Wildman–Crippen MR) is 62.0 cm³/mol. The summed E-state index contributed by atoms with van der Waals surface area (Å²) in [6.45, 7) is 1.73. The van der Waals surface area contributed by atoms with E-state index in [1.165, 1.54) is 0 Å². The van der Waals surface area contributed by atoms with E-state index in [2.05, 4.69) is 5.32 Å². The number of rotatable bonds is 3. The molecule has 1 heterocycles. The first-order chi connectivity index (χ1) is 7.70. The van der Waals surface area contributed by atoms with Crippen molar-refractivity contribution in [2.45, 2.75) is 44.2 Å². The van der Waals surface area contributed by atoms with Gasteiger partial charge in [-0.2, -0.15) is 0 Å². The van der Waals surface area contributed by atoms with Crippen LogP contribution in [0.4, 0.5) is 0 Å². The van der Waals surface area contributed by atoms with E-state index >= 15 is 0 Å². The van der Waals surface area contributed by atoms with Crippen LogP contribution in [0.5, 0.6) is 0 Å². The number of aliphatic hydroxyl groups excluding tert-OH is 1. The number of piperidine rings is 1. The summed E-state index contributed by atoms with van der Waals surface area (Å²) in [5.41, 5.74) is 0. The first kappa shape index (κ1) is 11.9. The van der Waals surface area contributed by atoms with Gasteiger partial charge in [-0.25, -0.2) is 0 Å². The SMILES string of the molecule is CNC1CCCN(CC2CCC(O)C2)C1=O. The summed E-state index contributed by atoms with van der Waals surface area (Å²) in [5, 5.41) is 12.6. The fraction of sp³-hybridized carbons (Fsp3) is 0.917. The maximum absolute atomic E-state index is 12.0. The van der Waals surface area contributed by atoms with Crippen LogP contribution in [0.3, 0.4) is 0 Å². The Morgan fingerprint density at radius 1 is 1.44 bits per heavy atom. The quantitative estimate of drug-likeness (QED) is 0.730. The van der Waals surface area contributed by atoms with Crippen LogP contribution in [0.15, 0.2) is 0 Å². The lowest BCUT2D eigenvalue weighted by molar-refractivity contribution is -0.136. The average Bonchev–Trinajstić information content (AvgIpc) is 2.67. The zero-order valence-corrected chi connectivity index (χ0v) is 9.98. The van der Waals surface area contributed by atoms with Gasteiger partial charge < -0.3 is 15.3 Å². The molecule has 0 aromatic rings. The minimum atomic E-state index is -0.134. The largest absolute Gasteiger partial charge is 0.393 e. The van der Waals surface area contributed by atoms with Gasteiger partial charge >= 0.3 is 0 Å². The van der Waals surface area contributed by atoms with Gasteiger partial charge in [-0.1, -0.05) is 0 Å². The number of nitrogens with zero attached hydrogens (tertiary/aromatic N) is 1. The van der Waals surface area contributed by atoms with Crippen LogP contribution in [0.1, 0.15) is 32.1 Å². The molecule has 0 bridgehead atoms. The van der Waals surface area contributed by atoms with E-state index in [9.17, 15) is 9.90 Å². The summed E-state index contributed by atoms with van der Waals surface area (Å²) >= 11 is 0. The van der Waals surface area contributed by atoms with E-state index in [0.717, 1.165) is 45.2 Å². The highest BCUT2D eigenvalue weighted by Gasteiger charge is 2.31. The Kier molecular flexibility index (Phi) is 3.82. The summed E-state index contributed by atoms with van der Waals surface area (Å²) in [6.07, 6.45) is 4.75. The van der Waals surface area contributed by atoms with Gasteiger partial charge in [-0.15, -0.1) is 0 Å². The molecule has 1 aliphatic heterocycles. The van der Waals surface area contributed by atoms with Crippen molar-refractivity contribution in [2.24, 2.45) is 5.92 Å². The number of hydrogen-bond donors (Lipinski definition) is 2. The number of likely N-dealkylation sites (N-methyl/N-ethyl adjacent to an activating group) is 1. The number of amides is 1. The molecule has 0 radical (unpaired) electrons. The molecule has 1 aliphatic carbocycles. The second kappa shape index (κ2) is 5.15. The van der Waals surface area contributed by atoms with Crippen LogP contribution in [0.2, 0.25) is 0 Å². The molecule has 4 heteroatoms. The zero-order chi connectivity index (χ0) is 11.5. The fourth-order valence-corrected chi connectivity index (χ4v) is 2.92. The summed E-state index contributed by atoms with van der Waals surface area (Å²) in [5.74, 6) is 0.754. The van der Waals surface area contributed by atoms with Crippen LogP contribution in [-0.2, 0) is 4.79 Å². The predicted octanol–water partition coefficient (Wildman–Crippen LogP) is 0.358. The molecule has 1 saturated heterocycles. The molecule has 0 aromatic carbocycles. The summed E-state index contributed by atoms with van der Waals surface area (Å²) < 4.78 is 0. The van der Waals surface area contributed by atoms with Gasteiger partial charge in [-0.05, 0) is 45.1 Å². The smallest absolute Gasteiger partial charge is 0.239 e. The van der Waals surface area contributed by atoms with Crippen molar-refractivity contribution < 1.29 is 9.90 Å². The molecule has 0 spiro atoms. The standard InChI is InChI=1S/C12H22N2O2/c1-13-11-3-2-6-14(12(11)16)8-9-4-5-10(15)7-9/h9-11,13,15H,2-8H2,1H3. The molecule has 1 amide bonds. The Morgan fingerprint density at radius 2 is 2.25 bits per heavy atom. The second-order valence-corrected chi connectivity index (χ2v) is 5.10. The van der Waals surface area contributed by atoms with E-state index in [0.29, 0.717) is 5.92 Å². The minimum Gasteiger partial charge on any atom is -0.393 e. The Labute approximate surface area is 97.0 Å². The number of likely N-dealkylation sites (tertiary alicyclic amines) is 1. The van der Waals surface area contributed by atoms with Crippen molar-refractivity contribution in [2.75, 3.05) is 20.1 Å². The van der Waals surface area contributed by atoms with Gasteiger partial charge in [0, 0.05) is 13.1 Å². The molecule has 3 atom stereocenters. The van der Waals surface area contributed by atoms with Gasteiger partial charge in [0.1, 0.15) is 0 Å². The molecule has 2 rings (SSSR count). The van der Waals surface area contributed by atoms with E-state index < -0.39 is 0 Å². The lowest BCUT2D eigenvalue weighted by atomic mass is 10.0. The Morgan fingerprint density at radius 3 is 2.88 bits per heavy atom. The molecule has 92 valence electrons. The molecule has 2 N–H and O–H groups in total. The third-order valence-electron chi connectivity index (χ3n) is 3.87. The van der Waals surface area contributed by atoms with Crippen LogP contribution >= 0.6 is 0 Å². The number of carbonyl (C=O) groups is 1. The van der Waals surface area contributed by atoms with Crippen LogP contribution in [-0.4, -0.2) is 48.2 Å². The van der Waals surface area contributed by atoms with Crippen LogP contribution < -0.4 is 5.32 Å². The van der Waals surface area contributed by atoms with Crippen LogP contribution in [0.25, 0.3) is 0 Å². The lowest BCUT2D eigenvalue weighted by Gasteiger charge is -2.33. The number of carbonyl (C=O) groups excluding carboxylic acids is 1. The van der Waals surface area contributed by atoms with Gasteiger partial charge in [0.15, 0.2) is 0 Å². The highest BCUT2D eigenvalue weighted by Crippen LogP contribution is 2.27. The van der Waals surface area contributed by atoms with Crippen molar-refractivity contribution in [3.05, 3.63) is 0 Å². The van der Waals surface area contributed by atoms with Crippen molar-refractivity contribution in [1.82, 2.24) is 10.2 Å². The summed E-state index contributed by atoms with van der Waals surface area (Å²) in [6, 6.07) is 0.0140. The highest BCUT2D eigenvalue weighted by molar-refractivity contribution is 5.82. The maximum atomic E-state index is 12.0. The van der Waals surface area contributed by atoms with Crippen molar-refractivity contribution in [1.29, 1.82) is 0 Å². The zero-order valence-electron chi connectivity index (χ0n) is 9.98. The Balaban J connectivity index is 1.86. The normalized spacial score (nSPS) is 35.8. The highest BCUT2D eigenvalue weighted by atomic mass is 16.3. The minimum absolute atomic E-state index is 0.0140. The Hall–Kier alpha value is -0.610. The van der Waals surface area contributed by atoms with Crippen molar-refractivity contribution in [3.8, 4) is 0 Å². The molecular formula is C12H22N2O2. The molecule has 4 nitrogen and oxygen atoms in total. The fourth-order valence-electron chi connectivity index (χ4n) is 2.92. The van der Waals surface area contributed by atoms with E-state index in [4.69, 9.17) is 0 Å². The molecule has 2 aliphatic rings. The van der Waals surface area contributed by atoms with Crippen LogP contribution in [0, 0.1) is 5.92 Å². The summed E-state index contributed by atoms with van der Waals surface area (Å²) in [4.78, 5) is 14.0. The van der Waals surface area contributed by atoms with Gasteiger partial charge in [0.05, 0.1) is 12.1 Å². The summed E-state index contributed by atoms with van der Waals surface area (Å²) in [7, 11) is 1.85. The van der Waals surface area contributed by atoms with Crippen molar-refractivity contribution in [3.63, 3.8) is 0 Å². The third kappa shape index (κ3) is 2.55. The number of nitrogens with one attached hydrogen (secondary N) is 1. The maximum Gasteiger partial charge on any atom is 0.239 e. The number of aliphatic hydroxyl groups is 1. The monoisotopic (exact) mass is 226 g/mol. The third-order valence-corrected chi connectivity index (χ3v) is 3.87. The molecule has 3 unspecified atom stereocenters. The Bertz CT molecular complexity index is 257.